The van der Waals surface area contributed by atoms with Crippen LogP contribution in [0, 0.1) is 0 Å². The number of anilines is 1. The molecule has 0 aliphatic rings. The lowest BCUT2D eigenvalue weighted by Crippen LogP contribution is -2.23. The van der Waals surface area contributed by atoms with Gasteiger partial charge in [0.25, 0.3) is 5.56 Å². The van der Waals surface area contributed by atoms with E-state index in [1.807, 2.05) is 47.8 Å². The fourth-order valence-electron chi connectivity index (χ4n) is 3.10. The van der Waals surface area contributed by atoms with Crippen molar-refractivity contribution in [3.8, 4) is 0 Å². The molecular formula is C22H19N3O2S. The number of aryl methyl sites for hydroxylation is 1. The van der Waals surface area contributed by atoms with Gasteiger partial charge in [-0.15, -0.1) is 11.3 Å². The molecule has 0 saturated heterocycles. The molecule has 2 aromatic carbocycles. The number of para-hydroxylation sites is 1. The average Bonchev–Trinajstić information content (AvgIpc) is 3.19. The van der Waals surface area contributed by atoms with Crippen LogP contribution in [-0.2, 0) is 17.8 Å². The molecule has 6 heteroatoms. The molecule has 28 heavy (non-hydrogen) atoms. The maximum atomic E-state index is 12.5. The topological polar surface area (TPSA) is 64.0 Å². The van der Waals surface area contributed by atoms with E-state index in [2.05, 4.69) is 22.4 Å². The SMILES string of the molecule is O=C(CCn1cnc2sccc2c1=O)Nc1ccccc1Cc1ccccc1. The van der Waals surface area contributed by atoms with Crippen molar-refractivity contribution in [1.29, 1.82) is 0 Å². The van der Waals surface area contributed by atoms with Crippen LogP contribution < -0.4 is 10.9 Å². The van der Waals surface area contributed by atoms with E-state index in [0.29, 0.717) is 11.9 Å². The summed E-state index contributed by atoms with van der Waals surface area (Å²) in [5, 5.41) is 5.43. The second-order valence-corrected chi connectivity index (χ2v) is 7.39. The molecule has 0 fully saturated rings. The predicted molar refractivity (Wildman–Crippen MR) is 113 cm³/mol. The molecule has 5 nitrogen and oxygen atoms in total. The van der Waals surface area contributed by atoms with Gasteiger partial charge in [0.15, 0.2) is 0 Å². The molecule has 2 heterocycles. The summed E-state index contributed by atoms with van der Waals surface area (Å²) >= 11 is 1.43. The van der Waals surface area contributed by atoms with E-state index in [9.17, 15) is 9.59 Å². The van der Waals surface area contributed by atoms with Gasteiger partial charge >= 0.3 is 0 Å². The van der Waals surface area contributed by atoms with Gasteiger partial charge in [0, 0.05) is 18.7 Å². The van der Waals surface area contributed by atoms with E-state index in [1.54, 1.807) is 6.07 Å². The number of nitrogens with one attached hydrogen (secondary N) is 1. The molecule has 0 aliphatic heterocycles. The minimum absolute atomic E-state index is 0.108. The van der Waals surface area contributed by atoms with Crippen molar-refractivity contribution in [2.45, 2.75) is 19.4 Å². The number of fused-ring (bicyclic) bond motifs is 1. The van der Waals surface area contributed by atoms with Crippen molar-refractivity contribution in [2.75, 3.05) is 5.32 Å². The summed E-state index contributed by atoms with van der Waals surface area (Å²) in [4.78, 5) is 29.9. The molecule has 140 valence electrons. The number of thiophene rings is 1. The zero-order valence-corrected chi connectivity index (χ0v) is 16.0. The lowest BCUT2D eigenvalue weighted by Gasteiger charge is -2.12. The van der Waals surface area contributed by atoms with Crippen LogP contribution in [-0.4, -0.2) is 15.5 Å². The second kappa shape index (κ2) is 8.19. The number of amides is 1. The Morgan fingerprint density at radius 2 is 1.82 bits per heavy atom. The molecule has 1 N–H and O–H groups in total. The first-order chi connectivity index (χ1) is 13.7. The highest BCUT2D eigenvalue weighted by molar-refractivity contribution is 7.16. The molecule has 0 aliphatic carbocycles. The van der Waals surface area contributed by atoms with Crippen LogP contribution in [0.5, 0.6) is 0 Å². The average molecular weight is 389 g/mol. The largest absolute Gasteiger partial charge is 0.326 e. The molecule has 0 bridgehead atoms. The van der Waals surface area contributed by atoms with Gasteiger partial charge in [-0.2, -0.15) is 0 Å². The van der Waals surface area contributed by atoms with Gasteiger partial charge in [-0.1, -0.05) is 48.5 Å². The standard InChI is InChI=1S/C22H19N3O2S/c26-20(10-12-25-15-23-21-18(22(25)27)11-13-28-21)24-19-9-5-4-8-17(19)14-16-6-2-1-3-7-16/h1-9,11,13,15H,10,12,14H2,(H,24,26). The first-order valence-electron chi connectivity index (χ1n) is 9.05. The van der Waals surface area contributed by atoms with Gasteiger partial charge < -0.3 is 5.32 Å². The first-order valence-corrected chi connectivity index (χ1v) is 9.93. The van der Waals surface area contributed by atoms with Crippen molar-refractivity contribution in [2.24, 2.45) is 0 Å². The Hall–Kier alpha value is -3.25. The highest BCUT2D eigenvalue weighted by Crippen LogP contribution is 2.19. The van der Waals surface area contributed by atoms with Crippen LogP contribution in [0.3, 0.4) is 0 Å². The van der Waals surface area contributed by atoms with Gasteiger partial charge in [-0.3, -0.25) is 14.2 Å². The minimum Gasteiger partial charge on any atom is -0.326 e. The Labute approximate surface area is 166 Å². The third-order valence-corrected chi connectivity index (χ3v) is 5.38. The molecule has 4 rings (SSSR count). The van der Waals surface area contributed by atoms with Crippen LogP contribution in [0.1, 0.15) is 17.5 Å². The number of hydrogen-bond acceptors (Lipinski definition) is 4. The van der Waals surface area contributed by atoms with Gasteiger partial charge in [-0.25, -0.2) is 4.98 Å². The highest BCUT2D eigenvalue weighted by Gasteiger charge is 2.10. The van der Waals surface area contributed by atoms with Crippen molar-refractivity contribution in [3.05, 3.63) is 93.9 Å². The summed E-state index contributed by atoms with van der Waals surface area (Å²) < 4.78 is 1.49. The second-order valence-electron chi connectivity index (χ2n) is 6.50. The van der Waals surface area contributed by atoms with Crippen molar-refractivity contribution in [3.63, 3.8) is 0 Å². The van der Waals surface area contributed by atoms with Crippen LogP contribution in [0.4, 0.5) is 5.69 Å². The summed E-state index contributed by atoms with van der Waals surface area (Å²) in [6.45, 7) is 0.296. The number of nitrogens with zero attached hydrogens (tertiary/aromatic N) is 2. The van der Waals surface area contributed by atoms with Crippen molar-refractivity contribution in [1.82, 2.24) is 9.55 Å². The number of carbonyl (C=O) groups is 1. The lowest BCUT2D eigenvalue weighted by atomic mass is 10.0. The monoisotopic (exact) mass is 389 g/mol. The third-order valence-electron chi connectivity index (χ3n) is 4.56. The summed E-state index contributed by atoms with van der Waals surface area (Å²) in [5.74, 6) is -0.127. The van der Waals surface area contributed by atoms with Gasteiger partial charge in [0.05, 0.1) is 11.7 Å². The lowest BCUT2D eigenvalue weighted by molar-refractivity contribution is -0.116. The number of aromatic nitrogens is 2. The normalized spacial score (nSPS) is 10.9. The van der Waals surface area contributed by atoms with E-state index >= 15 is 0 Å². The molecule has 4 aromatic rings. The predicted octanol–water partition coefficient (Wildman–Crippen LogP) is 4.08. The Morgan fingerprint density at radius 3 is 2.68 bits per heavy atom. The van der Waals surface area contributed by atoms with Gasteiger partial charge in [0.2, 0.25) is 5.91 Å². The van der Waals surface area contributed by atoms with E-state index in [1.165, 1.54) is 27.8 Å². The number of benzene rings is 2. The third kappa shape index (κ3) is 4.02. The zero-order valence-electron chi connectivity index (χ0n) is 15.2. The molecule has 2 aromatic heterocycles. The maximum absolute atomic E-state index is 12.5. The molecule has 0 unspecified atom stereocenters. The number of carbonyl (C=O) groups excluding carboxylic acids is 1. The molecule has 0 spiro atoms. The molecular weight excluding hydrogens is 370 g/mol. The Bertz CT molecular complexity index is 1170. The van der Waals surface area contributed by atoms with Gasteiger partial charge in [-0.05, 0) is 35.1 Å². The van der Waals surface area contributed by atoms with Crippen LogP contribution in [0.15, 0.2) is 77.2 Å². The minimum atomic E-state index is -0.127. The van der Waals surface area contributed by atoms with Crippen LogP contribution in [0.25, 0.3) is 10.2 Å². The van der Waals surface area contributed by atoms with E-state index in [4.69, 9.17) is 0 Å². The van der Waals surface area contributed by atoms with E-state index in [-0.39, 0.29) is 17.9 Å². The van der Waals surface area contributed by atoms with Crippen molar-refractivity contribution >= 4 is 33.1 Å². The van der Waals surface area contributed by atoms with Crippen LogP contribution in [0.2, 0.25) is 0 Å². The Kier molecular flexibility index (Phi) is 5.30. The number of rotatable bonds is 6. The van der Waals surface area contributed by atoms with Crippen LogP contribution >= 0.6 is 11.3 Å². The number of hydrogen-bond donors (Lipinski definition) is 1. The highest BCUT2D eigenvalue weighted by atomic mass is 32.1. The Morgan fingerprint density at radius 1 is 1.04 bits per heavy atom. The fraction of sp³-hybridized carbons (Fsp3) is 0.136. The molecule has 0 saturated carbocycles. The summed E-state index contributed by atoms with van der Waals surface area (Å²) in [6.07, 6.45) is 2.46. The summed E-state index contributed by atoms with van der Waals surface area (Å²) in [5.41, 5.74) is 2.94. The van der Waals surface area contributed by atoms with E-state index < -0.39 is 0 Å². The summed E-state index contributed by atoms with van der Waals surface area (Å²) in [7, 11) is 0. The quantitative estimate of drug-likeness (QED) is 0.540. The first kappa shape index (κ1) is 18.1. The van der Waals surface area contributed by atoms with Gasteiger partial charge in [0.1, 0.15) is 4.83 Å². The molecule has 0 radical (unpaired) electrons. The zero-order chi connectivity index (χ0) is 19.3. The Balaban J connectivity index is 1.44. The van der Waals surface area contributed by atoms with E-state index in [0.717, 1.165) is 22.5 Å². The molecule has 1 amide bonds. The fourth-order valence-corrected chi connectivity index (χ4v) is 3.82. The smallest absolute Gasteiger partial charge is 0.262 e. The maximum Gasteiger partial charge on any atom is 0.262 e. The summed E-state index contributed by atoms with van der Waals surface area (Å²) in [6, 6.07) is 19.7. The molecule has 0 atom stereocenters. The van der Waals surface area contributed by atoms with Crippen molar-refractivity contribution < 1.29 is 4.79 Å².